The molecule has 0 radical (unpaired) electrons. The molecule has 4 aromatic rings. The average Bonchev–Trinajstić information content (AvgIpc) is 3.29. The van der Waals surface area contributed by atoms with Crippen molar-refractivity contribution in [1.29, 1.82) is 0 Å². The standard InChI is InChI=1S/C8H6N2O2S.C7H4N2O2S/c1-12-8(11)5-3-2-4-6-7(5)13-10-9-6;10-7(11)4-2-1-3-5-6(4)12-9-8-5/h2-4H,1H3;1-3H,(H,10,11). The lowest BCUT2D eigenvalue weighted by Crippen LogP contribution is -2.00. The number of carboxylic acids is 1. The Morgan fingerprint density at radius 1 is 0.920 bits per heavy atom. The minimum absolute atomic E-state index is 0.266. The van der Waals surface area contributed by atoms with Crippen LogP contribution in [0.2, 0.25) is 0 Å². The number of carbonyl (C=O) groups excluding carboxylic acids is 1. The first-order valence-electron chi connectivity index (χ1n) is 6.85. The number of nitrogens with zero attached hydrogens (tertiary/aromatic N) is 4. The number of carbonyl (C=O) groups is 2. The van der Waals surface area contributed by atoms with Gasteiger partial charge < -0.3 is 9.84 Å². The monoisotopic (exact) mass is 374 g/mol. The number of aromatic nitrogens is 4. The molecule has 0 bridgehead atoms. The largest absolute Gasteiger partial charge is 0.478 e. The molecule has 0 atom stereocenters. The lowest BCUT2D eigenvalue weighted by atomic mass is 10.2. The Kier molecular flexibility index (Phi) is 4.91. The zero-order valence-electron chi connectivity index (χ0n) is 12.7. The van der Waals surface area contributed by atoms with E-state index < -0.39 is 5.97 Å². The van der Waals surface area contributed by atoms with Crippen LogP contribution in [0.15, 0.2) is 36.4 Å². The van der Waals surface area contributed by atoms with Crippen LogP contribution in [0.25, 0.3) is 20.4 Å². The number of methoxy groups -OCH3 is 1. The fraction of sp³-hybridized carbons (Fsp3) is 0.0667. The highest BCUT2D eigenvalue weighted by molar-refractivity contribution is 7.13. The first-order valence-corrected chi connectivity index (χ1v) is 8.40. The van der Waals surface area contributed by atoms with Crippen LogP contribution < -0.4 is 0 Å². The first-order chi connectivity index (χ1) is 12.1. The summed E-state index contributed by atoms with van der Waals surface area (Å²) < 4.78 is 13.5. The molecular weight excluding hydrogens is 364 g/mol. The zero-order valence-corrected chi connectivity index (χ0v) is 14.4. The number of benzene rings is 2. The Morgan fingerprint density at radius 2 is 1.44 bits per heavy atom. The highest BCUT2D eigenvalue weighted by atomic mass is 32.1. The Hall–Kier alpha value is -2.98. The summed E-state index contributed by atoms with van der Waals surface area (Å²) >= 11 is 2.30. The lowest BCUT2D eigenvalue weighted by Gasteiger charge is -1.97. The van der Waals surface area contributed by atoms with Crippen molar-refractivity contribution in [2.75, 3.05) is 7.11 Å². The van der Waals surface area contributed by atoms with E-state index in [9.17, 15) is 9.59 Å². The van der Waals surface area contributed by atoms with Gasteiger partial charge in [0.15, 0.2) is 0 Å². The molecule has 2 aromatic carbocycles. The number of hydrogen-bond acceptors (Lipinski definition) is 9. The van der Waals surface area contributed by atoms with E-state index in [1.54, 1.807) is 30.3 Å². The molecule has 0 aliphatic heterocycles. The summed E-state index contributed by atoms with van der Waals surface area (Å²) in [5.74, 6) is -1.29. The van der Waals surface area contributed by atoms with E-state index in [2.05, 4.69) is 23.9 Å². The number of aromatic carboxylic acids is 1. The number of esters is 1. The van der Waals surface area contributed by atoms with Gasteiger partial charge in [0.1, 0.15) is 11.0 Å². The van der Waals surface area contributed by atoms with Crippen molar-refractivity contribution in [3.8, 4) is 0 Å². The van der Waals surface area contributed by atoms with Gasteiger partial charge in [0.25, 0.3) is 0 Å². The second-order valence-corrected chi connectivity index (χ2v) is 6.16. The van der Waals surface area contributed by atoms with E-state index in [1.165, 1.54) is 18.6 Å². The zero-order chi connectivity index (χ0) is 17.8. The third-order valence-corrected chi connectivity index (χ3v) is 4.74. The quantitative estimate of drug-likeness (QED) is 0.533. The third kappa shape index (κ3) is 3.44. The van der Waals surface area contributed by atoms with Crippen molar-refractivity contribution in [2.45, 2.75) is 0 Å². The van der Waals surface area contributed by atoms with Crippen LogP contribution in [-0.2, 0) is 4.74 Å². The number of carboxylic acid groups (broad SMARTS) is 1. The van der Waals surface area contributed by atoms with Crippen LogP contribution in [0.4, 0.5) is 0 Å². The molecule has 0 saturated heterocycles. The van der Waals surface area contributed by atoms with E-state index in [-0.39, 0.29) is 11.5 Å². The summed E-state index contributed by atoms with van der Waals surface area (Å²) in [4.78, 5) is 21.9. The van der Waals surface area contributed by atoms with Crippen LogP contribution in [-0.4, -0.2) is 43.3 Å². The van der Waals surface area contributed by atoms with Crippen molar-refractivity contribution >= 4 is 55.4 Å². The molecule has 0 aliphatic carbocycles. The van der Waals surface area contributed by atoms with E-state index in [0.29, 0.717) is 15.8 Å². The molecule has 8 nitrogen and oxygen atoms in total. The highest BCUT2D eigenvalue weighted by Crippen LogP contribution is 2.21. The number of ether oxygens (including phenoxy) is 1. The second kappa shape index (κ2) is 7.28. The van der Waals surface area contributed by atoms with Gasteiger partial charge in [-0.3, -0.25) is 0 Å². The Balaban J connectivity index is 0.000000146. The highest BCUT2D eigenvalue weighted by Gasteiger charge is 2.12. The van der Waals surface area contributed by atoms with Gasteiger partial charge in [-0.2, -0.15) is 0 Å². The summed E-state index contributed by atoms with van der Waals surface area (Å²) in [5, 5.41) is 16.4. The topological polar surface area (TPSA) is 115 Å². The van der Waals surface area contributed by atoms with Gasteiger partial charge in [-0.1, -0.05) is 21.1 Å². The summed E-state index contributed by atoms with van der Waals surface area (Å²) in [6, 6.07) is 10.2. The minimum Gasteiger partial charge on any atom is -0.478 e. The van der Waals surface area contributed by atoms with Crippen molar-refractivity contribution in [2.24, 2.45) is 0 Å². The molecule has 0 spiro atoms. The molecule has 0 unspecified atom stereocenters. The maximum Gasteiger partial charge on any atom is 0.339 e. The average molecular weight is 374 g/mol. The molecule has 126 valence electrons. The van der Waals surface area contributed by atoms with Gasteiger partial charge in [-0.15, -0.1) is 10.2 Å². The normalized spacial score (nSPS) is 10.3. The van der Waals surface area contributed by atoms with Gasteiger partial charge in [0.05, 0.1) is 27.6 Å². The van der Waals surface area contributed by atoms with Gasteiger partial charge in [-0.05, 0) is 47.3 Å². The molecule has 4 rings (SSSR count). The van der Waals surface area contributed by atoms with Crippen LogP contribution in [0, 0.1) is 0 Å². The predicted molar refractivity (Wildman–Crippen MR) is 93.1 cm³/mol. The molecule has 0 fully saturated rings. The van der Waals surface area contributed by atoms with Crippen LogP contribution in [0.5, 0.6) is 0 Å². The van der Waals surface area contributed by atoms with Gasteiger partial charge in [0, 0.05) is 0 Å². The molecule has 1 N–H and O–H groups in total. The van der Waals surface area contributed by atoms with E-state index in [4.69, 9.17) is 5.11 Å². The predicted octanol–water partition coefficient (Wildman–Crippen LogP) is 2.87. The van der Waals surface area contributed by atoms with Gasteiger partial charge in [-0.25, -0.2) is 9.59 Å². The minimum atomic E-state index is -0.938. The van der Waals surface area contributed by atoms with Crippen molar-refractivity contribution in [3.05, 3.63) is 47.5 Å². The fourth-order valence-corrected chi connectivity index (χ4v) is 3.38. The van der Waals surface area contributed by atoms with E-state index in [1.807, 2.05) is 6.07 Å². The SMILES string of the molecule is COC(=O)c1cccc2nnsc12.O=C(O)c1cccc2nnsc12. The molecule has 2 heterocycles. The molecule has 2 aromatic heterocycles. The third-order valence-electron chi connectivity index (χ3n) is 3.19. The van der Waals surface area contributed by atoms with Gasteiger partial charge >= 0.3 is 11.9 Å². The molecule has 0 aliphatic rings. The summed E-state index contributed by atoms with van der Waals surface area (Å²) in [7, 11) is 1.36. The first kappa shape index (κ1) is 16.9. The second-order valence-electron chi connectivity index (χ2n) is 4.65. The maximum atomic E-state index is 11.3. The van der Waals surface area contributed by atoms with Crippen LogP contribution in [0.1, 0.15) is 20.7 Å². The van der Waals surface area contributed by atoms with Crippen LogP contribution in [0.3, 0.4) is 0 Å². The van der Waals surface area contributed by atoms with Crippen molar-refractivity contribution in [1.82, 2.24) is 19.2 Å². The molecule has 0 saturated carbocycles. The van der Waals surface area contributed by atoms with Gasteiger partial charge in [0.2, 0.25) is 0 Å². The summed E-state index contributed by atoms with van der Waals surface area (Å²) in [6.45, 7) is 0. The Bertz CT molecular complexity index is 1060. The Labute approximate surface area is 149 Å². The maximum absolute atomic E-state index is 11.3. The van der Waals surface area contributed by atoms with Crippen molar-refractivity contribution in [3.63, 3.8) is 0 Å². The molecule has 25 heavy (non-hydrogen) atoms. The lowest BCUT2D eigenvalue weighted by molar-refractivity contribution is 0.0602. The van der Waals surface area contributed by atoms with E-state index >= 15 is 0 Å². The number of rotatable bonds is 2. The molecule has 10 heteroatoms. The fourth-order valence-electron chi connectivity index (χ4n) is 2.05. The number of fused-ring (bicyclic) bond motifs is 2. The number of hydrogen-bond donors (Lipinski definition) is 1. The smallest absolute Gasteiger partial charge is 0.339 e. The van der Waals surface area contributed by atoms with Crippen molar-refractivity contribution < 1.29 is 19.4 Å². The van der Waals surface area contributed by atoms with E-state index in [0.717, 1.165) is 21.7 Å². The summed E-state index contributed by atoms with van der Waals surface area (Å²) in [6.07, 6.45) is 0. The summed E-state index contributed by atoms with van der Waals surface area (Å²) in [5.41, 5.74) is 2.16. The Morgan fingerprint density at radius 3 is 1.96 bits per heavy atom. The molecule has 0 amide bonds. The van der Waals surface area contributed by atoms with Crippen LogP contribution >= 0.6 is 23.1 Å². The molecular formula is C15H10N4O4S2.